The number of allylic oxidation sites excluding steroid dienone is 1. The van der Waals surface area contributed by atoms with Crippen molar-refractivity contribution in [2.24, 2.45) is 0 Å². The largest absolute Gasteiger partial charge is 0.635 e. The van der Waals surface area contributed by atoms with E-state index in [0.29, 0.717) is 6.42 Å². The van der Waals surface area contributed by atoms with Gasteiger partial charge in [-0.3, -0.25) is 19.0 Å². The van der Waals surface area contributed by atoms with Crippen molar-refractivity contribution in [3.8, 4) is 0 Å². The third kappa shape index (κ3) is 12.7. The number of carbonyl (C=O) groups excluding carboxylic acids is 2. The molecule has 0 aromatic heterocycles. The highest BCUT2D eigenvalue weighted by atomic mass is 32.3. The summed E-state index contributed by atoms with van der Waals surface area (Å²) in [5.74, 6) is -1.41. The van der Waals surface area contributed by atoms with Crippen LogP contribution in [-0.4, -0.2) is 63.1 Å². The summed E-state index contributed by atoms with van der Waals surface area (Å²) in [6.07, 6.45) is 12.9. The van der Waals surface area contributed by atoms with Crippen LogP contribution in [0, 0.1) is 0 Å². The van der Waals surface area contributed by atoms with E-state index in [1.165, 1.54) is 43.1 Å². The minimum absolute atomic E-state index is 0.161. The van der Waals surface area contributed by atoms with E-state index in [-0.39, 0.29) is 13.1 Å². The van der Waals surface area contributed by atoms with Crippen LogP contribution in [0.3, 0.4) is 0 Å². The van der Waals surface area contributed by atoms with Crippen molar-refractivity contribution in [2.75, 3.05) is 20.1 Å². The Balaban J connectivity index is 2.55. The van der Waals surface area contributed by atoms with Gasteiger partial charge in [-0.05, 0) is 19.9 Å². The Kier molecular flexibility index (Phi) is 12.1. The summed E-state index contributed by atoms with van der Waals surface area (Å²) in [6, 6.07) is -1.46. The van der Waals surface area contributed by atoms with Gasteiger partial charge >= 0.3 is 29.5 Å². The Morgan fingerprint density at radius 3 is 2.10 bits per heavy atom. The summed E-state index contributed by atoms with van der Waals surface area (Å²) < 4.78 is 45.9. The van der Waals surface area contributed by atoms with Crippen molar-refractivity contribution in [1.82, 2.24) is 4.90 Å². The molecule has 1 N–H and O–H groups in total. The van der Waals surface area contributed by atoms with Gasteiger partial charge in [-0.25, -0.2) is 4.18 Å². The van der Waals surface area contributed by atoms with Crippen LogP contribution < -0.4 is 0 Å². The summed E-state index contributed by atoms with van der Waals surface area (Å²) >= 11 is 0. The second-order valence-corrected chi connectivity index (χ2v) is 8.25. The van der Waals surface area contributed by atoms with Crippen LogP contribution in [-0.2, 0) is 33.5 Å². The first-order valence-electron chi connectivity index (χ1n) is 10.1. The van der Waals surface area contributed by atoms with E-state index in [9.17, 15) is 18.0 Å². The van der Waals surface area contributed by atoms with Crippen LogP contribution in [0.1, 0.15) is 64.7 Å². The summed E-state index contributed by atoms with van der Waals surface area (Å²) in [6.45, 7) is 1.86. The summed E-state index contributed by atoms with van der Waals surface area (Å²) in [5.41, 5.74) is 0. The molecule has 29 heavy (non-hydrogen) atoms. The zero-order chi connectivity index (χ0) is 21.7. The first-order valence-corrected chi connectivity index (χ1v) is 11.5. The van der Waals surface area contributed by atoms with Crippen molar-refractivity contribution >= 4 is 29.5 Å². The standard InChI is InChI=1S/C18H32BNO8S/c1-3-4-5-6-7-8-9-10-11-12-13-16(28-29(23,24)25)19-26-17(21)14-20(2)15-18(22)27-19/h12-13,16H,3-11,14-15H2,1-2H3,(H,23,24,25). The molecule has 1 fully saturated rings. The van der Waals surface area contributed by atoms with Crippen LogP contribution >= 0.6 is 0 Å². The second-order valence-electron chi connectivity index (χ2n) is 7.20. The molecule has 0 spiro atoms. The maximum Gasteiger partial charge on any atom is 0.635 e. The third-order valence-electron chi connectivity index (χ3n) is 4.34. The highest BCUT2D eigenvalue weighted by molar-refractivity contribution is 7.81. The highest BCUT2D eigenvalue weighted by Crippen LogP contribution is 2.13. The zero-order valence-corrected chi connectivity index (χ0v) is 18.1. The number of likely N-dealkylation sites (N-methyl/N-ethyl adjacent to an activating group) is 1. The van der Waals surface area contributed by atoms with E-state index in [1.807, 2.05) is 0 Å². The molecule has 1 saturated heterocycles. The van der Waals surface area contributed by atoms with E-state index in [0.717, 1.165) is 19.3 Å². The van der Waals surface area contributed by atoms with Crippen molar-refractivity contribution in [3.63, 3.8) is 0 Å². The van der Waals surface area contributed by atoms with Gasteiger partial charge in [0.05, 0.1) is 13.1 Å². The number of carbonyl (C=O) groups is 2. The molecule has 9 nitrogen and oxygen atoms in total. The number of hydrogen-bond donors (Lipinski definition) is 1. The first kappa shape index (κ1) is 25.6. The molecule has 0 aliphatic carbocycles. The quantitative estimate of drug-likeness (QED) is 0.202. The fourth-order valence-electron chi connectivity index (χ4n) is 2.92. The van der Waals surface area contributed by atoms with Crippen LogP contribution in [0.25, 0.3) is 0 Å². The Morgan fingerprint density at radius 2 is 1.59 bits per heavy atom. The van der Waals surface area contributed by atoms with Gasteiger partial charge in [0.1, 0.15) is 0 Å². The van der Waals surface area contributed by atoms with Gasteiger partial charge in [0.2, 0.25) is 0 Å². The van der Waals surface area contributed by atoms with Crippen LogP contribution in [0.15, 0.2) is 12.2 Å². The molecule has 1 aliphatic rings. The van der Waals surface area contributed by atoms with Gasteiger partial charge in [0, 0.05) is 0 Å². The van der Waals surface area contributed by atoms with Gasteiger partial charge in [-0.1, -0.05) is 64.0 Å². The molecular formula is C18H32BNO8S. The monoisotopic (exact) mass is 433 g/mol. The minimum Gasteiger partial charge on any atom is -0.496 e. The fourth-order valence-corrected chi connectivity index (χ4v) is 3.36. The molecule has 11 heteroatoms. The highest BCUT2D eigenvalue weighted by Gasteiger charge is 2.41. The normalized spacial score (nSPS) is 17.7. The Bertz CT molecular complexity index is 620. The molecule has 0 bridgehead atoms. The molecule has 1 heterocycles. The first-order chi connectivity index (χ1) is 13.7. The van der Waals surface area contributed by atoms with E-state index in [2.05, 4.69) is 11.1 Å². The van der Waals surface area contributed by atoms with Crippen molar-refractivity contribution in [2.45, 2.75) is 70.7 Å². The van der Waals surface area contributed by atoms with Crippen molar-refractivity contribution < 1.29 is 36.1 Å². The molecule has 1 atom stereocenters. The van der Waals surface area contributed by atoms with Crippen LogP contribution in [0.2, 0.25) is 0 Å². The summed E-state index contributed by atoms with van der Waals surface area (Å²) in [5, 5.41) is 0. The van der Waals surface area contributed by atoms with Gasteiger partial charge in [-0.2, -0.15) is 8.42 Å². The molecule has 1 unspecified atom stereocenters. The molecule has 166 valence electrons. The maximum absolute atomic E-state index is 11.8. The number of nitrogens with zero attached hydrogens (tertiary/aromatic N) is 1. The molecule has 0 radical (unpaired) electrons. The lowest BCUT2D eigenvalue weighted by molar-refractivity contribution is -0.146. The summed E-state index contributed by atoms with van der Waals surface area (Å²) in [4.78, 5) is 25.1. The van der Waals surface area contributed by atoms with Gasteiger partial charge in [-0.15, -0.1) is 0 Å². The van der Waals surface area contributed by atoms with Gasteiger partial charge in [0.15, 0.2) is 6.00 Å². The van der Waals surface area contributed by atoms with E-state index < -0.39 is 35.5 Å². The average Bonchev–Trinajstić information content (AvgIpc) is 2.59. The molecule has 0 aromatic carbocycles. The molecule has 0 saturated carbocycles. The second kappa shape index (κ2) is 13.7. The lowest BCUT2D eigenvalue weighted by Gasteiger charge is -2.24. The number of unbranched alkanes of at least 4 members (excludes halogenated alkanes) is 8. The van der Waals surface area contributed by atoms with Crippen LogP contribution in [0.4, 0.5) is 0 Å². The predicted octanol–water partition coefficient (Wildman–Crippen LogP) is 2.32. The van der Waals surface area contributed by atoms with E-state index in [4.69, 9.17) is 13.9 Å². The Morgan fingerprint density at radius 1 is 1.07 bits per heavy atom. The van der Waals surface area contributed by atoms with Crippen LogP contribution in [0.5, 0.6) is 0 Å². The van der Waals surface area contributed by atoms with Crippen molar-refractivity contribution in [3.05, 3.63) is 12.2 Å². The molecule has 1 rings (SSSR count). The van der Waals surface area contributed by atoms with E-state index >= 15 is 0 Å². The minimum atomic E-state index is -4.85. The zero-order valence-electron chi connectivity index (χ0n) is 17.2. The number of rotatable bonds is 13. The van der Waals surface area contributed by atoms with Gasteiger partial charge < -0.3 is 9.31 Å². The molecule has 0 aromatic rings. The van der Waals surface area contributed by atoms with E-state index in [1.54, 1.807) is 13.1 Å². The maximum atomic E-state index is 11.8. The Labute approximate surface area is 173 Å². The predicted molar refractivity (Wildman–Crippen MR) is 108 cm³/mol. The lowest BCUT2D eigenvalue weighted by atomic mass is 9.80. The average molecular weight is 433 g/mol. The smallest absolute Gasteiger partial charge is 0.496 e. The Hall–Kier alpha value is -1.43. The fraction of sp³-hybridized carbons (Fsp3) is 0.778. The summed E-state index contributed by atoms with van der Waals surface area (Å²) in [7, 11) is -4.90. The van der Waals surface area contributed by atoms with Crippen molar-refractivity contribution in [1.29, 1.82) is 0 Å². The molecule has 1 aliphatic heterocycles. The molecule has 0 amide bonds. The topological polar surface area (TPSA) is 119 Å². The molecular weight excluding hydrogens is 401 g/mol. The number of hydrogen-bond acceptors (Lipinski definition) is 8. The SMILES string of the molecule is CCCCCCCCCCC=CC(OS(=O)(=O)O)B1OC(=O)CN(C)CC(=O)O1. The third-order valence-corrected chi connectivity index (χ3v) is 4.81. The lowest BCUT2D eigenvalue weighted by Crippen LogP contribution is -2.48. The van der Waals surface area contributed by atoms with Gasteiger partial charge in [0.25, 0.3) is 0 Å².